The second kappa shape index (κ2) is 6.59. The van der Waals surface area contributed by atoms with Gasteiger partial charge in [-0.25, -0.2) is 13.2 Å². The molecule has 0 fully saturated rings. The summed E-state index contributed by atoms with van der Waals surface area (Å²) in [7, 11) is 0. The molecule has 0 aliphatic heterocycles. The van der Waals surface area contributed by atoms with E-state index in [0.717, 1.165) is 30.7 Å². The molecule has 0 heterocycles. The van der Waals surface area contributed by atoms with Crippen LogP contribution in [0, 0.1) is 17.5 Å². The van der Waals surface area contributed by atoms with E-state index in [1.165, 1.54) is 0 Å². The molecule has 18 heavy (non-hydrogen) atoms. The summed E-state index contributed by atoms with van der Waals surface area (Å²) >= 11 is 0. The van der Waals surface area contributed by atoms with Crippen LogP contribution in [-0.2, 0) is 0 Å². The number of halogens is 3. The van der Waals surface area contributed by atoms with E-state index in [1.54, 1.807) is 0 Å². The molecule has 0 radical (unpaired) electrons. The highest BCUT2D eigenvalue weighted by Crippen LogP contribution is 2.24. The summed E-state index contributed by atoms with van der Waals surface area (Å²) in [6.07, 6.45) is 1.46. The van der Waals surface area contributed by atoms with Crippen molar-refractivity contribution in [1.82, 2.24) is 5.32 Å². The zero-order valence-corrected chi connectivity index (χ0v) is 10.7. The molecule has 0 saturated carbocycles. The zero-order valence-electron chi connectivity index (χ0n) is 10.7. The third-order valence-corrected chi connectivity index (χ3v) is 2.60. The molecule has 0 amide bonds. The van der Waals surface area contributed by atoms with Gasteiger partial charge in [0.05, 0.1) is 0 Å². The number of rotatable bonds is 6. The molecule has 1 nitrogen and oxygen atoms in total. The van der Waals surface area contributed by atoms with Crippen LogP contribution in [0.25, 0.3) is 0 Å². The maximum Gasteiger partial charge on any atom is 0.194 e. The van der Waals surface area contributed by atoms with Crippen LogP contribution >= 0.6 is 0 Å². The van der Waals surface area contributed by atoms with Gasteiger partial charge in [-0.15, -0.1) is 6.58 Å². The largest absolute Gasteiger partial charge is 0.310 e. The van der Waals surface area contributed by atoms with Gasteiger partial charge in [0, 0.05) is 6.04 Å². The van der Waals surface area contributed by atoms with Crippen molar-refractivity contribution >= 4 is 0 Å². The third kappa shape index (κ3) is 3.88. The van der Waals surface area contributed by atoms with Crippen molar-refractivity contribution < 1.29 is 13.2 Å². The number of hydrogen-bond acceptors (Lipinski definition) is 1. The molecule has 1 N–H and O–H groups in total. The van der Waals surface area contributed by atoms with Crippen molar-refractivity contribution in [2.75, 3.05) is 6.54 Å². The van der Waals surface area contributed by atoms with Gasteiger partial charge in [-0.05, 0) is 44.0 Å². The van der Waals surface area contributed by atoms with Crippen molar-refractivity contribution in [1.29, 1.82) is 0 Å². The Kier molecular flexibility index (Phi) is 5.41. The SMILES string of the molecule is C=C(C)CC(NCCC)c1cc(F)c(F)c(F)c1. The van der Waals surface area contributed by atoms with Crippen LogP contribution in [0.1, 0.15) is 38.3 Å². The highest BCUT2D eigenvalue weighted by molar-refractivity contribution is 5.24. The fraction of sp³-hybridized carbons (Fsp3) is 0.429. The van der Waals surface area contributed by atoms with Crippen molar-refractivity contribution in [3.63, 3.8) is 0 Å². The predicted molar refractivity (Wildman–Crippen MR) is 66.8 cm³/mol. The predicted octanol–water partition coefficient (Wildman–Crippen LogP) is 4.11. The molecule has 100 valence electrons. The van der Waals surface area contributed by atoms with Gasteiger partial charge in [-0.3, -0.25) is 0 Å². The van der Waals surface area contributed by atoms with Crippen molar-refractivity contribution in [3.8, 4) is 0 Å². The Labute approximate surface area is 106 Å². The maximum absolute atomic E-state index is 13.2. The minimum atomic E-state index is -1.43. The minimum Gasteiger partial charge on any atom is -0.310 e. The molecule has 1 unspecified atom stereocenters. The summed E-state index contributed by atoms with van der Waals surface area (Å²) in [5, 5.41) is 3.17. The second-order valence-corrected chi connectivity index (χ2v) is 4.47. The maximum atomic E-state index is 13.2. The summed E-state index contributed by atoms with van der Waals surface area (Å²) in [6.45, 7) is 8.35. The lowest BCUT2D eigenvalue weighted by Crippen LogP contribution is -2.22. The molecule has 1 rings (SSSR count). The summed E-state index contributed by atoms with van der Waals surface area (Å²) in [4.78, 5) is 0. The van der Waals surface area contributed by atoms with Crippen LogP contribution in [0.4, 0.5) is 13.2 Å². The van der Waals surface area contributed by atoms with Crippen molar-refractivity contribution in [2.45, 2.75) is 32.7 Å². The van der Waals surface area contributed by atoms with Crippen LogP contribution < -0.4 is 5.32 Å². The van der Waals surface area contributed by atoms with E-state index in [0.29, 0.717) is 12.0 Å². The molecule has 0 aliphatic rings. The molecule has 4 heteroatoms. The van der Waals surface area contributed by atoms with E-state index in [1.807, 2.05) is 13.8 Å². The third-order valence-electron chi connectivity index (χ3n) is 2.60. The van der Waals surface area contributed by atoms with Crippen molar-refractivity contribution in [3.05, 3.63) is 47.3 Å². The highest BCUT2D eigenvalue weighted by Gasteiger charge is 2.17. The van der Waals surface area contributed by atoms with E-state index < -0.39 is 17.5 Å². The number of benzene rings is 1. The quantitative estimate of drug-likeness (QED) is 0.597. The molecule has 1 atom stereocenters. The Morgan fingerprint density at radius 3 is 2.28 bits per heavy atom. The van der Waals surface area contributed by atoms with Gasteiger partial charge in [0.15, 0.2) is 17.5 Å². The molecule has 0 bridgehead atoms. The molecular formula is C14H18F3N. The fourth-order valence-electron chi connectivity index (χ4n) is 1.75. The van der Waals surface area contributed by atoms with E-state index in [-0.39, 0.29) is 6.04 Å². The summed E-state index contributed by atoms with van der Waals surface area (Å²) in [5.41, 5.74) is 1.30. The van der Waals surface area contributed by atoms with Gasteiger partial charge in [-0.1, -0.05) is 12.5 Å². The molecule has 1 aromatic carbocycles. The first-order chi connectivity index (χ1) is 8.45. The Balaban J connectivity index is 3.00. The fourth-order valence-corrected chi connectivity index (χ4v) is 1.75. The van der Waals surface area contributed by atoms with Crippen LogP contribution in [0.15, 0.2) is 24.3 Å². The number of nitrogens with one attached hydrogen (secondary N) is 1. The minimum absolute atomic E-state index is 0.243. The number of hydrogen-bond donors (Lipinski definition) is 1. The van der Waals surface area contributed by atoms with E-state index in [9.17, 15) is 13.2 Å². The zero-order chi connectivity index (χ0) is 13.7. The molecule has 1 aromatic rings. The smallest absolute Gasteiger partial charge is 0.194 e. The topological polar surface area (TPSA) is 12.0 Å². The molecule has 0 spiro atoms. The van der Waals surface area contributed by atoms with Gasteiger partial charge < -0.3 is 5.32 Å². The van der Waals surface area contributed by atoms with Crippen LogP contribution in [0.2, 0.25) is 0 Å². The Hall–Kier alpha value is -1.29. The van der Waals surface area contributed by atoms with Gasteiger partial charge in [0.1, 0.15) is 0 Å². The van der Waals surface area contributed by atoms with E-state index in [2.05, 4.69) is 11.9 Å². The van der Waals surface area contributed by atoms with Crippen LogP contribution in [0.5, 0.6) is 0 Å². The first-order valence-corrected chi connectivity index (χ1v) is 5.98. The van der Waals surface area contributed by atoms with Crippen molar-refractivity contribution in [2.24, 2.45) is 0 Å². The Bertz CT molecular complexity index is 406. The Morgan fingerprint density at radius 2 is 1.83 bits per heavy atom. The first-order valence-electron chi connectivity index (χ1n) is 5.98. The summed E-state index contributed by atoms with van der Waals surface area (Å²) in [6, 6.07) is 1.83. The van der Waals surface area contributed by atoms with E-state index >= 15 is 0 Å². The Morgan fingerprint density at radius 1 is 1.28 bits per heavy atom. The van der Waals surface area contributed by atoms with Crippen LogP contribution in [0.3, 0.4) is 0 Å². The van der Waals surface area contributed by atoms with E-state index in [4.69, 9.17) is 0 Å². The summed E-state index contributed by atoms with van der Waals surface area (Å²) < 4.78 is 39.3. The average molecular weight is 257 g/mol. The molecule has 0 aromatic heterocycles. The lowest BCUT2D eigenvalue weighted by atomic mass is 9.99. The molecular weight excluding hydrogens is 239 g/mol. The average Bonchev–Trinajstić information content (AvgIpc) is 2.30. The van der Waals surface area contributed by atoms with Gasteiger partial charge in [0.2, 0.25) is 0 Å². The van der Waals surface area contributed by atoms with Gasteiger partial charge in [0.25, 0.3) is 0 Å². The molecule has 0 aliphatic carbocycles. The summed E-state index contributed by atoms with van der Waals surface area (Å²) in [5.74, 6) is -3.74. The highest BCUT2D eigenvalue weighted by atomic mass is 19.2. The van der Waals surface area contributed by atoms with Gasteiger partial charge in [-0.2, -0.15) is 0 Å². The van der Waals surface area contributed by atoms with Crippen LogP contribution in [-0.4, -0.2) is 6.54 Å². The second-order valence-electron chi connectivity index (χ2n) is 4.47. The first kappa shape index (κ1) is 14.8. The normalized spacial score (nSPS) is 12.5. The lowest BCUT2D eigenvalue weighted by Gasteiger charge is -2.19. The van der Waals surface area contributed by atoms with Gasteiger partial charge >= 0.3 is 0 Å². The lowest BCUT2D eigenvalue weighted by molar-refractivity contribution is 0.438. The molecule has 0 saturated heterocycles. The monoisotopic (exact) mass is 257 g/mol. The standard InChI is InChI=1S/C14H18F3N/c1-4-5-18-13(6-9(2)3)10-7-11(15)14(17)12(16)8-10/h7-8,13,18H,2,4-6H2,1,3H3.